The molecule has 1 saturated heterocycles. The summed E-state index contributed by atoms with van der Waals surface area (Å²) in [4.78, 5) is 27.6. The van der Waals surface area contributed by atoms with Gasteiger partial charge in [0.25, 0.3) is 5.91 Å². The first kappa shape index (κ1) is 15.0. The molecule has 0 bridgehead atoms. The Morgan fingerprint density at radius 1 is 1.23 bits per heavy atom. The molecule has 1 unspecified atom stereocenters. The van der Waals surface area contributed by atoms with Crippen molar-refractivity contribution in [3.8, 4) is 0 Å². The number of likely N-dealkylation sites (tertiary alicyclic amines) is 1. The van der Waals surface area contributed by atoms with Gasteiger partial charge in [-0.1, -0.05) is 18.9 Å². The van der Waals surface area contributed by atoms with Crippen LogP contribution in [0.4, 0.5) is 0 Å². The molecular weight excluding hydrogens is 298 g/mol. The Hall–Kier alpha value is -1.88. The molecule has 22 heavy (non-hydrogen) atoms. The lowest BCUT2D eigenvalue weighted by atomic mass is 10.0. The average molecular weight is 317 g/mol. The Balaban J connectivity index is 1.76. The Morgan fingerprint density at radius 3 is 2.86 bits per heavy atom. The predicted molar refractivity (Wildman–Crippen MR) is 85.3 cm³/mol. The third-order valence-electron chi connectivity index (χ3n) is 4.09. The zero-order valence-electron chi connectivity index (χ0n) is 12.4. The van der Waals surface area contributed by atoms with Gasteiger partial charge in [0.15, 0.2) is 11.5 Å². The van der Waals surface area contributed by atoms with Crippen molar-refractivity contribution in [1.82, 2.24) is 4.90 Å². The summed E-state index contributed by atoms with van der Waals surface area (Å²) in [5.41, 5.74) is 0. The molecule has 1 aliphatic rings. The Kier molecular flexibility index (Phi) is 4.73. The fraction of sp³-hybridized carbons (Fsp3) is 0.412. The maximum absolute atomic E-state index is 12.7. The molecule has 1 amide bonds. The van der Waals surface area contributed by atoms with E-state index in [4.69, 9.17) is 4.42 Å². The standard InChI is InChI=1S/C17H19NO3S/c19-14(15-7-4-10-21-15)12-13-6-2-1-3-9-18(13)17(20)16-8-5-11-22-16/h4-5,7-8,10-11,13H,1-3,6,9,12H2. The van der Waals surface area contributed by atoms with Gasteiger partial charge in [-0.05, 0) is 36.4 Å². The minimum absolute atomic E-state index is 0.0270. The van der Waals surface area contributed by atoms with E-state index in [1.54, 1.807) is 12.1 Å². The largest absolute Gasteiger partial charge is 0.461 e. The van der Waals surface area contributed by atoms with Crippen LogP contribution < -0.4 is 0 Å². The fourth-order valence-corrected chi connectivity index (χ4v) is 3.63. The maximum atomic E-state index is 12.7. The van der Waals surface area contributed by atoms with Gasteiger partial charge in [-0.2, -0.15) is 0 Å². The van der Waals surface area contributed by atoms with E-state index in [1.165, 1.54) is 17.6 Å². The molecule has 0 spiro atoms. The SMILES string of the molecule is O=C(CC1CCCCCN1C(=O)c1cccs1)c1ccco1. The molecule has 3 heterocycles. The minimum atomic E-state index is -0.0327. The first-order valence-corrected chi connectivity index (χ1v) is 8.55. The van der Waals surface area contributed by atoms with E-state index < -0.39 is 0 Å². The van der Waals surface area contributed by atoms with Crippen molar-refractivity contribution in [1.29, 1.82) is 0 Å². The molecule has 2 aromatic rings. The second-order valence-corrected chi connectivity index (χ2v) is 6.53. The lowest BCUT2D eigenvalue weighted by Crippen LogP contribution is -2.40. The van der Waals surface area contributed by atoms with Gasteiger partial charge in [0.1, 0.15) is 0 Å². The third kappa shape index (κ3) is 3.30. The molecule has 0 saturated carbocycles. The van der Waals surface area contributed by atoms with Crippen molar-refractivity contribution < 1.29 is 14.0 Å². The normalized spacial score (nSPS) is 18.9. The zero-order valence-corrected chi connectivity index (χ0v) is 13.2. The number of carbonyl (C=O) groups is 2. The Labute approximate surface area is 133 Å². The molecule has 0 N–H and O–H groups in total. The Bertz CT molecular complexity index is 618. The Morgan fingerprint density at radius 2 is 2.14 bits per heavy atom. The van der Waals surface area contributed by atoms with E-state index in [0.717, 1.165) is 37.1 Å². The van der Waals surface area contributed by atoms with Crippen LogP contribution >= 0.6 is 11.3 Å². The van der Waals surface area contributed by atoms with E-state index in [2.05, 4.69) is 0 Å². The van der Waals surface area contributed by atoms with Crippen LogP contribution in [0.1, 0.15) is 52.3 Å². The summed E-state index contributed by atoms with van der Waals surface area (Å²) in [5, 5.41) is 1.91. The number of ketones is 1. The molecular formula is C17H19NO3S. The van der Waals surface area contributed by atoms with E-state index in [9.17, 15) is 9.59 Å². The van der Waals surface area contributed by atoms with Crippen molar-refractivity contribution in [3.63, 3.8) is 0 Å². The smallest absolute Gasteiger partial charge is 0.264 e. The number of rotatable bonds is 4. The highest BCUT2D eigenvalue weighted by atomic mass is 32.1. The summed E-state index contributed by atoms with van der Waals surface area (Å²) >= 11 is 1.46. The number of nitrogens with zero attached hydrogens (tertiary/aromatic N) is 1. The van der Waals surface area contributed by atoms with E-state index in [1.807, 2.05) is 22.4 Å². The summed E-state index contributed by atoms with van der Waals surface area (Å²) in [6.07, 6.45) is 5.90. The fourth-order valence-electron chi connectivity index (χ4n) is 2.95. The van der Waals surface area contributed by atoms with E-state index in [-0.39, 0.29) is 17.7 Å². The van der Waals surface area contributed by atoms with Crippen LogP contribution in [0.3, 0.4) is 0 Å². The molecule has 4 nitrogen and oxygen atoms in total. The monoisotopic (exact) mass is 317 g/mol. The quantitative estimate of drug-likeness (QED) is 0.801. The highest BCUT2D eigenvalue weighted by molar-refractivity contribution is 7.12. The number of carbonyl (C=O) groups excluding carboxylic acids is 2. The van der Waals surface area contributed by atoms with Gasteiger partial charge in [0.05, 0.1) is 11.1 Å². The van der Waals surface area contributed by atoms with Gasteiger partial charge in [-0.25, -0.2) is 0 Å². The molecule has 116 valence electrons. The summed E-state index contributed by atoms with van der Waals surface area (Å²) < 4.78 is 5.19. The summed E-state index contributed by atoms with van der Waals surface area (Å²) in [7, 11) is 0. The maximum Gasteiger partial charge on any atom is 0.264 e. The van der Waals surface area contributed by atoms with Crippen molar-refractivity contribution in [2.75, 3.05) is 6.54 Å². The van der Waals surface area contributed by atoms with Gasteiger partial charge in [-0.3, -0.25) is 9.59 Å². The minimum Gasteiger partial charge on any atom is -0.461 e. The third-order valence-corrected chi connectivity index (χ3v) is 4.94. The number of amides is 1. The molecule has 5 heteroatoms. The van der Waals surface area contributed by atoms with Gasteiger partial charge in [-0.15, -0.1) is 11.3 Å². The summed E-state index contributed by atoms with van der Waals surface area (Å²) in [6.45, 7) is 0.729. The lowest BCUT2D eigenvalue weighted by molar-refractivity contribution is 0.0660. The van der Waals surface area contributed by atoms with Crippen LogP contribution in [-0.2, 0) is 0 Å². The lowest BCUT2D eigenvalue weighted by Gasteiger charge is -2.29. The van der Waals surface area contributed by atoms with Gasteiger partial charge >= 0.3 is 0 Å². The van der Waals surface area contributed by atoms with Gasteiger partial charge in [0.2, 0.25) is 0 Å². The molecule has 3 rings (SSSR count). The van der Waals surface area contributed by atoms with Crippen LogP contribution in [0.25, 0.3) is 0 Å². The molecule has 1 atom stereocenters. The molecule has 1 fully saturated rings. The topological polar surface area (TPSA) is 50.5 Å². The molecule has 2 aromatic heterocycles. The van der Waals surface area contributed by atoms with Crippen LogP contribution in [0, 0.1) is 0 Å². The van der Waals surface area contributed by atoms with Gasteiger partial charge < -0.3 is 9.32 Å². The molecule has 0 aliphatic carbocycles. The predicted octanol–water partition coefficient (Wildman–Crippen LogP) is 4.00. The van der Waals surface area contributed by atoms with Crippen LogP contribution in [0.15, 0.2) is 40.3 Å². The molecule has 0 radical (unpaired) electrons. The number of hydrogen-bond donors (Lipinski definition) is 0. The molecule has 1 aliphatic heterocycles. The molecule has 0 aromatic carbocycles. The first-order valence-electron chi connectivity index (χ1n) is 7.67. The number of Topliss-reactive ketones (excluding diaryl/α,β-unsaturated/α-hetero) is 1. The van der Waals surface area contributed by atoms with Gasteiger partial charge in [0, 0.05) is 19.0 Å². The number of thiophene rings is 1. The average Bonchev–Trinajstić information content (AvgIpc) is 3.18. The van der Waals surface area contributed by atoms with E-state index >= 15 is 0 Å². The van der Waals surface area contributed by atoms with Crippen molar-refractivity contribution >= 4 is 23.0 Å². The highest BCUT2D eigenvalue weighted by Crippen LogP contribution is 2.24. The van der Waals surface area contributed by atoms with Crippen molar-refractivity contribution in [2.24, 2.45) is 0 Å². The second kappa shape index (κ2) is 6.92. The van der Waals surface area contributed by atoms with Crippen molar-refractivity contribution in [3.05, 3.63) is 46.5 Å². The zero-order chi connectivity index (χ0) is 15.4. The van der Waals surface area contributed by atoms with E-state index in [0.29, 0.717) is 12.2 Å². The summed E-state index contributed by atoms with van der Waals surface area (Å²) in [5.74, 6) is 0.405. The van der Waals surface area contributed by atoms with Crippen LogP contribution in [-0.4, -0.2) is 29.2 Å². The summed E-state index contributed by atoms with van der Waals surface area (Å²) in [6, 6.07) is 7.11. The van der Waals surface area contributed by atoms with Crippen LogP contribution in [0.5, 0.6) is 0 Å². The number of furan rings is 1. The number of hydrogen-bond acceptors (Lipinski definition) is 4. The van der Waals surface area contributed by atoms with Crippen LogP contribution in [0.2, 0.25) is 0 Å². The van der Waals surface area contributed by atoms with Crippen molar-refractivity contribution in [2.45, 2.75) is 38.1 Å². The second-order valence-electron chi connectivity index (χ2n) is 5.58. The first-order chi connectivity index (χ1) is 10.8. The highest BCUT2D eigenvalue weighted by Gasteiger charge is 2.29.